The van der Waals surface area contributed by atoms with Gasteiger partial charge in [0, 0.05) is 16.9 Å². The summed E-state index contributed by atoms with van der Waals surface area (Å²) in [5, 5.41) is 3.15. The van der Waals surface area contributed by atoms with Gasteiger partial charge in [-0.3, -0.25) is 0 Å². The molecular weight excluding hydrogens is 463 g/mol. The van der Waals surface area contributed by atoms with Crippen molar-refractivity contribution in [3.63, 3.8) is 0 Å². The average molecular weight is 482 g/mol. The fourth-order valence-corrected chi connectivity index (χ4v) is 4.57. The van der Waals surface area contributed by atoms with Crippen molar-refractivity contribution in [2.45, 2.75) is 18.8 Å². The lowest BCUT2D eigenvalue weighted by Gasteiger charge is -2.31. The van der Waals surface area contributed by atoms with E-state index in [1.165, 1.54) is 12.1 Å². The van der Waals surface area contributed by atoms with Gasteiger partial charge in [-0.15, -0.1) is 0 Å². The van der Waals surface area contributed by atoms with E-state index in [2.05, 4.69) is 5.32 Å². The minimum Gasteiger partial charge on any atom is -0.318 e. The fourth-order valence-electron chi connectivity index (χ4n) is 4.33. The summed E-state index contributed by atoms with van der Waals surface area (Å²) in [5.41, 5.74) is 2.59. The average Bonchev–Trinajstić information content (AvgIpc) is 3.24. The smallest absolute Gasteiger partial charge is 0.318 e. The molecule has 0 spiro atoms. The van der Waals surface area contributed by atoms with Gasteiger partial charge in [0.2, 0.25) is 0 Å². The molecule has 1 N–H and O–H groups in total. The molecule has 4 aromatic rings. The first kappa shape index (κ1) is 22.1. The second-order valence-corrected chi connectivity index (χ2v) is 8.40. The molecule has 8 heteroatoms. The Balaban J connectivity index is 1.61. The molecule has 2 amide bonds. The molecule has 0 fully saturated rings. The van der Waals surface area contributed by atoms with Crippen LogP contribution in [-0.4, -0.2) is 15.5 Å². The molecule has 0 saturated heterocycles. The van der Waals surface area contributed by atoms with Crippen molar-refractivity contribution in [3.05, 3.63) is 119 Å². The van der Waals surface area contributed by atoms with Crippen molar-refractivity contribution in [3.8, 4) is 5.69 Å². The highest BCUT2D eigenvalue weighted by Crippen LogP contribution is 2.39. The Bertz CT molecular complexity index is 1370. The summed E-state index contributed by atoms with van der Waals surface area (Å²) in [7, 11) is 0. The van der Waals surface area contributed by atoms with E-state index in [0.717, 1.165) is 34.6 Å². The second kappa shape index (κ2) is 8.57. The Morgan fingerprint density at radius 3 is 2.50 bits per heavy atom. The molecule has 172 valence electrons. The third-order valence-corrected chi connectivity index (χ3v) is 6.21. The Kier molecular flexibility index (Phi) is 5.57. The van der Waals surface area contributed by atoms with E-state index in [0.29, 0.717) is 5.02 Å². The molecule has 1 unspecified atom stereocenters. The standard InChI is InChI=1S/C26H19ClF3N3O/c27-21-11-3-2-10-20(21)24-23-13-6-14-32(23)22-12-4-1-7-17(22)16-33(24)25(34)31-19-9-5-8-18(15-19)26(28,29)30/h1-15,24H,16H2,(H,31,34). The van der Waals surface area contributed by atoms with Gasteiger partial charge in [-0.05, 0) is 53.6 Å². The number of carbonyl (C=O) groups is 1. The first-order chi connectivity index (χ1) is 16.3. The molecule has 1 aliphatic rings. The van der Waals surface area contributed by atoms with Crippen LogP contribution in [0, 0.1) is 0 Å². The minimum atomic E-state index is -4.51. The highest BCUT2D eigenvalue weighted by Gasteiger charge is 2.35. The number of urea groups is 1. The number of rotatable bonds is 2. The number of nitrogens with one attached hydrogen (secondary N) is 1. The molecule has 5 rings (SSSR count). The second-order valence-electron chi connectivity index (χ2n) is 7.99. The quantitative estimate of drug-likeness (QED) is 0.321. The minimum absolute atomic E-state index is 0.0608. The van der Waals surface area contributed by atoms with Crippen molar-refractivity contribution in [2.24, 2.45) is 0 Å². The predicted octanol–water partition coefficient (Wildman–Crippen LogP) is 7.29. The van der Waals surface area contributed by atoms with Crippen LogP contribution in [0.25, 0.3) is 5.69 Å². The van der Waals surface area contributed by atoms with Crippen LogP contribution in [0.15, 0.2) is 91.1 Å². The maximum atomic E-state index is 13.6. The van der Waals surface area contributed by atoms with Crippen LogP contribution in [0.4, 0.5) is 23.7 Å². The van der Waals surface area contributed by atoms with Gasteiger partial charge in [0.15, 0.2) is 0 Å². The van der Waals surface area contributed by atoms with Crippen LogP contribution < -0.4 is 5.32 Å². The van der Waals surface area contributed by atoms with Gasteiger partial charge in [0.25, 0.3) is 0 Å². The molecule has 2 heterocycles. The van der Waals surface area contributed by atoms with Crippen LogP contribution in [0.1, 0.15) is 28.4 Å². The third kappa shape index (κ3) is 4.03. The van der Waals surface area contributed by atoms with Crippen molar-refractivity contribution in [1.82, 2.24) is 9.47 Å². The van der Waals surface area contributed by atoms with Crippen molar-refractivity contribution in [1.29, 1.82) is 0 Å². The normalized spacial score (nSPS) is 15.3. The molecular formula is C26H19ClF3N3O. The van der Waals surface area contributed by atoms with Crippen molar-refractivity contribution < 1.29 is 18.0 Å². The van der Waals surface area contributed by atoms with Gasteiger partial charge in [-0.2, -0.15) is 13.2 Å². The maximum Gasteiger partial charge on any atom is 0.416 e. The first-order valence-corrected chi connectivity index (χ1v) is 11.0. The Labute approximate surface area is 199 Å². The summed E-state index contributed by atoms with van der Waals surface area (Å²) in [6.07, 6.45) is -2.59. The number of amides is 2. The molecule has 3 aromatic carbocycles. The summed E-state index contributed by atoms with van der Waals surface area (Å²) < 4.78 is 41.6. The number of aromatic nitrogens is 1. The summed E-state index contributed by atoms with van der Waals surface area (Å²) in [5.74, 6) is 0. The number of hydrogen-bond donors (Lipinski definition) is 1. The number of anilines is 1. The van der Waals surface area contributed by atoms with Crippen LogP contribution in [0.2, 0.25) is 5.02 Å². The lowest BCUT2D eigenvalue weighted by atomic mass is 10.0. The summed E-state index contributed by atoms with van der Waals surface area (Å²) in [4.78, 5) is 15.2. The Morgan fingerprint density at radius 1 is 0.941 bits per heavy atom. The van der Waals surface area contributed by atoms with Gasteiger partial charge in [0.1, 0.15) is 6.04 Å². The number of nitrogens with zero attached hydrogens (tertiary/aromatic N) is 2. The molecule has 1 aliphatic heterocycles. The maximum absolute atomic E-state index is 13.6. The van der Waals surface area contributed by atoms with Crippen molar-refractivity contribution >= 4 is 23.3 Å². The number of fused-ring (bicyclic) bond motifs is 3. The number of benzene rings is 3. The number of carbonyl (C=O) groups excluding carboxylic acids is 1. The largest absolute Gasteiger partial charge is 0.416 e. The molecule has 4 nitrogen and oxygen atoms in total. The van der Waals surface area contributed by atoms with Gasteiger partial charge < -0.3 is 14.8 Å². The van der Waals surface area contributed by atoms with Gasteiger partial charge in [-0.25, -0.2) is 4.79 Å². The first-order valence-electron chi connectivity index (χ1n) is 10.6. The molecule has 34 heavy (non-hydrogen) atoms. The van der Waals surface area contributed by atoms with Crippen LogP contribution in [0.5, 0.6) is 0 Å². The van der Waals surface area contributed by atoms with E-state index in [9.17, 15) is 18.0 Å². The van der Waals surface area contributed by atoms with E-state index in [4.69, 9.17) is 11.6 Å². The Hall–Kier alpha value is -3.71. The molecule has 0 saturated carbocycles. The number of para-hydroxylation sites is 1. The number of halogens is 4. The number of hydrogen-bond acceptors (Lipinski definition) is 1. The fraction of sp³-hybridized carbons (Fsp3) is 0.115. The van der Waals surface area contributed by atoms with Gasteiger partial charge in [-0.1, -0.05) is 54.1 Å². The topological polar surface area (TPSA) is 37.3 Å². The molecule has 0 aliphatic carbocycles. The number of alkyl halides is 3. The van der Waals surface area contributed by atoms with Crippen LogP contribution >= 0.6 is 11.6 Å². The SMILES string of the molecule is O=C(Nc1cccc(C(F)(F)F)c1)N1Cc2ccccc2-n2cccc2C1c1ccccc1Cl. The van der Waals surface area contributed by atoms with Crippen LogP contribution in [0.3, 0.4) is 0 Å². The van der Waals surface area contributed by atoms with E-state index >= 15 is 0 Å². The van der Waals surface area contributed by atoms with Gasteiger partial charge >= 0.3 is 12.2 Å². The van der Waals surface area contributed by atoms with E-state index in [1.807, 2.05) is 65.4 Å². The van der Waals surface area contributed by atoms with E-state index < -0.39 is 23.8 Å². The highest BCUT2D eigenvalue weighted by molar-refractivity contribution is 6.31. The molecule has 0 bridgehead atoms. The molecule has 1 atom stereocenters. The lowest BCUT2D eigenvalue weighted by molar-refractivity contribution is -0.137. The zero-order valence-electron chi connectivity index (χ0n) is 17.8. The summed E-state index contributed by atoms with van der Waals surface area (Å²) in [6.45, 7) is 0.235. The monoisotopic (exact) mass is 481 g/mol. The summed E-state index contributed by atoms with van der Waals surface area (Å²) >= 11 is 6.56. The lowest BCUT2D eigenvalue weighted by Crippen LogP contribution is -2.38. The predicted molar refractivity (Wildman–Crippen MR) is 125 cm³/mol. The Morgan fingerprint density at radius 2 is 1.71 bits per heavy atom. The third-order valence-electron chi connectivity index (χ3n) is 5.87. The van der Waals surface area contributed by atoms with E-state index in [1.54, 1.807) is 11.0 Å². The van der Waals surface area contributed by atoms with Gasteiger partial charge in [0.05, 0.1) is 23.5 Å². The zero-order chi connectivity index (χ0) is 23.9. The van der Waals surface area contributed by atoms with E-state index in [-0.39, 0.29) is 12.2 Å². The molecule has 0 radical (unpaired) electrons. The van der Waals surface area contributed by atoms with Crippen LogP contribution in [-0.2, 0) is 12.7 Å². The van der Waals surface area contributed by atoms with Crippen molar-refractivity contribution in [2.75, 3.05) is 5.32 Å². The molecule has 1 aromatic heterocycles. The zero-order valence-corrected chi connectivity index (χ0v) is 18.5. The summed E-state index contributed by atoms with van der Waals surface area (Å²) in [6, 6.07) is 22.3. The highest BCUT2D eigenvalue weighted by atomic mass is 35.5.